The molecule has 0 spiro atoms. The smallest absolute Gasteiger partial charge is 0.433 e. The van der Waals surface area contributed by atoms with Crippen molar-refractivity contribution in [1.29, 1.82) is 0 Å². The lowest BCUT2D eigenvalue weighted by Gasteiger charge is -2.27. The standard InChI is InChI=1S/C16H22F3N5O2/c17-16(18,19)12-7-13(22-15(21-12)23-5-1-2-6-23)24-8-10(14(25)26)3-4-11(20)9-24/h7,10-11H,1-6,8-9,20H2,(H,25,26)/t10-,11+/m0/s1. The number of carbonyl (C=O) groups is 1. The molecular formula is C16H22F3N5O2. The first-order valence-electron chi connectivity index (χ1n) is 8.68. The van der Waals surface area contributed by atoms with Gasteiger partial charge in [-0.05, 0) is 25.7 Å². The highest BCUT2D eigenvalue weighted by atomic mass is 19.4. The summed E-state index contributed by atoms with van der Waals surface area (Å²) in [6.07, 6.45) is -1.95. The summed E-state index contributed by atoms with van der Waals surface area (Å²) in [6, 6.07) is 0.565. The number of hydrogen-bond donors (Lipinski definition) is 2. The van der Waals surface area contributed by atoms with Crippen LogP contribution in [0, 0.1) is 5.92 Å². The van der Waals surface area contributed by atoms with Gasteiger partial charge in [0.25, 0.3) is 0 Å². The Bertz CT molecular complexity index is 664. The van der Waals surface area contributed by atoms with E-state index in [1.165, 1.54) is 0 Å². The lowest BCUT2D eigenvalue weighted by atomic mass is 10.0. The average molecular weight is 373 g/mol. The number of rotatable bonds is 3. The molecule has 3 heterocycles. The second-order valence-corrected chi connectivity index (χ2v) is 6.88. The molecule has 1 aromatic heterocycles. The molecular weight excluding hydrogens is 351 g/mol. The van der Waals surface area contributed by atoms with Gasteiger partial charge in [-0.25, -0.2) is 4.98 Å². The molecule has 0 aromatic carbocycles. The molecule has 0 radical (unpaired) electrons. The SMILES string of the molecule is N[C@@H]1CC[C@H](C(=O)O)CN(c2cc(C(F)(F)F)nc(N3CCCC3)n2)C1. The summed E-state index contributed by atoms with van der Waals surface area (Å²) in [5, 5.41) is 9.34. The molecule has 0 saturated carbocycles. The van der Waals surface area contributed by atoms with Crippen molar-refractivity contribution in [2.75, 3.05) is 36.0 Å². The quantitative estimate of drug-likeness (QED) is 0.833. The van der Waals surface area contributed by atoms with E-state index in [1.807, 2.05) is 0 Å². The van der Waals surface area contributed by atoms with Gasteiger partial charge < -0.3 is 20.6 Å². The largest absolute Gasteiger partial charge is 0.481 e. The first-order chi connectivity index (χ1) is 12.2. The first kappa shape index (κ1) is 18.7. The molecule has 3 rings (SSSR count). The zero-order valence-electron chi connectivity index (χ0n) is 14.2. The number of anilines is 2. The van der Waals surface area contributed by atoms with Gasteiger partial charge in [0.1, 0.15) is 5.82 Å². The van der Waals surface area contributed by atoms with Crippen molar-refractivity contribution < 1.29 is 23.1 Å². The van der Waals surface area contributed by atoms with Crippen LogP contribution in [0.25, 0.3) is 0 Å². The van der Waals surface area contributed by atoms with E-state index in [0.29, 0.717) is 25.9 Å². The fourth-order valence-corrected chi connectivity index (χ4v) is 3.40. The molecule has 0 amide bonds. The van der Waals surface area contributed by atoms with Crippen LogP contribution in [0.1, 0.15) is 31.4 Å². The number of aromatic nitrogens is 2. The summed E-state index contributed by atoms with van der Waals surface area (Å²) in [4.78, 5) is 22.7. The van der Waals surface area contributed by atoms with Crippen LogP contribution in [0.2, 0.25) is 0 Å². The molecule has 2 aliphatic rings. The Morgan fingerprint density at radius 3 is 2.46 bits per heavy atom. The minimum absolute atomic E-state index is 0.0389. The van der Waals surface area contributed by atoms with Crippen LogP contribution in [-0.2, 0) is 11.0 Å². The molecule has 2 atom stereocenters. The third-order valence-electron chi connectivity index (χ3n) is 4.83. The predicted octanol–water partition coefficient (Wildman–Crippen LogP) is 1.72. The van der Waals surface area contributed by atoms with Gasteiger partial charge in [0.05, 0.1) is 5.92 Å². The molecule has 3 N–H and O–H groups in total. The van der Waals surface area contributed by atoms with Crippen molar-refractivity contribution in [3.63, 3.8) is 0 Å². The van der Waals surface area contributed by atoms with Crippen LogP contribution in [0.5, 0.6) is 0 Å². The molecule has 0 aliphatic carbocycles. The van der Waals surface area contributed by atoms with Gasteiger partial charge in [-0.2, -0.15) is 18.2 Å². The molecule has 144 valence electrons. The maximum Gasteiger partial charge on any atom is 0.433 e. The summed E-state index contributed by atoms with van der Waals surface area (Å²) in [5.41, 5.74) is 4.98. The number of aliphatic carboxylic acids is 1. The predicted molar refractivity (Wildman–Crippen MR) is 89.0 cm³/mol. The minimum Gasteiger partial charge on any atom is -0.481 e. The van der Waals surface area contributed by atoms with Crippen molar-refractivity contribution in [2.45, 2.75) is 37.9 Å². The Kier molecular flexibility index (Phi) is 5.22. The third-order valence-corrected chi connectivity index (χ3v) is 4.83. The fourth-order valence-electron chi connectivity index (χ4n) is 3.40. The number of carboxylic acid groups (broad SMARTS) is 1. The highest BCUT2D eigenvalue weighted by Gasteiger charge is 2.36. The normalized spacial score (nSPS) is 24.6. The van der Waals surface area contributed by atoms with E-state index in [4.69, 9.17) is 5.73 Å². The van der Waals surface area contributed by atoms with Crippen LogP contribution < -0.4 is 15.5 Å². The maximum absolute atomic E-state index is 13.3. The van der Waals surface area contributed by atoms with Gasteiger partial charge in [-0.1, -0.05) is 0 Å². The van der Waals surface area contributed by atoms with Gasteiger partial charge in [0, 0.05) is 38.3 Å². The molecule has 2 aliphatic heterocycles. The summed E-state index contributed by atoms with van der Waals surface area (Å²) < 4.78 is 40.0. The number of alkyl halides is 3. The minimum atomic E-state index is -4.60. The monoisotopic (exact) mass is 373 g/mol. The van der Waals surface area contributed by atoms with Gasteiger partial charge >= 0.3 is 12.1 Å². The van der Waals surface area contributed by atoms with Gasteiger partial charge in [0.2, 0.25) is 5.95 Å². The summed E-state index contributed by atoms with van der Waals surface area (Å²) in [6.45, 7) is 1.56. The zero-order valence-corrected chi connectivity index (χ0v) is 14.2. The molecule has 7 nitrogen and oxygen atoms in total. The summed E-state index contributed by atoms with van der Waals surface area (Å²) >= 11 is 0. The van der Waals surface area contributed by atoms with Crippen LogP contribution in [0.3, 0.4) is 0 Å². The Balaban J connectivity index is 1.98. The van der Waals surface area contributed by atoms with Crippen molar-refractivity contribution in [3.05, 3.63) is 11.8 Å². The molecule has 26 heavy (non-hydrogen) atoms. The van der Waals surface area contributed by atoms with E-state index in [9.17, 15) is 23.1 Å². The summed E-state index contributed by atoms with van der Waals surface area (Å²) in [7, 11) is 0. The van der Waals surface area contributed by atoms with E-state index in [0.717, 1.165) is 18.9 Å². The molecule has 0 bridgehead atoms. The molecule has 10 heteroatoms. The van der Waals surface area contributed by atoms with Gasteiger partial charge in [-0.15, -0.1) is 0 Å². The lowest BCUT2D eigenvalue weighted by Crippen LogP contribution is -2.38. The average Bonchev–Trinajstić information content (AvgIpc) is 3.03. The van der Waals surface area contributed by atoms with Crippen LogP contribution in [0.15, 0.2) is 6.07 Å². The lowest BCUT2D eigenvalue weighted by molar-refractivity contribution is -0.142. The number of nitrogens with zero attached hydrogens (tertiary/aromatic N) is 4. The van der Waals surface area contributed by atoms with E-state index in [2.05, 4.69) is 9.97 Å². The van der Waals surface area contributed by atoms with E-state index in [1.54, 1.807) is 9.80 Å². The highest BCUT2D eigenvalue weighted by Crippen LogP contribution is 2.33. The number of hydrogen-bond acceptors (Lipinski definition) is 6. The Labute approximate surface area is 149 Å². The van der Waals surface area contributed by atoms with Crippen molar-refractivity contribution in [1.82, 2.24) is 9.97 Å². The first-order valence-corrected chi connectivity index (χ1v) is 8.68. The molecule has 2 fully saturated rings. The van der Waals surface area contributed by atoms with Crippen molar-refractivity contribution in [2.24, 2.45) is 11.7 Å². The van der Waals surface area contributed by atoms with Crippen molar-refractivity contribution >= 4 is 17.7 Å². The topological polar surface area (TPSA) is 95.6 Å². The third kappa shape index (κ3) is 4.17. The maximum atomic E-state index is 13.3. The van der Waals surface area contributed by atoms with Gasteiger partial charge in [0.15, 0.2) is 5.69 Å². The van der Waals surface area contributed by atoms with E-state index >= 15 is 0 Å². The number of nitrogens with two attached hydrogens (primary N) is 1. The van der Waals surface area contributed by atoms with E-state index in [-0.39, 0.29) is 30.9 Å². The van der Waals surface area contributed by atoms with Crippen LogP contribution >= 0.6 is 0 Å². The Hall–Kier alpha value is -2.10. The zero-order chi connectivity index (χ0) is 18.9. The molecule has 0 unspecified atom stereocenters. The second kappa shape index (κ2) is 7.26. The second-order valence-electron chi connectivity index (χ2n) is 6.88. The number of carboxylic acids is 1. The highest BCUT2D eigenvalue weighted by molar-refractivity contribution is 5.71. The molecule has 2 saturated heterocycles. The van der Waals surface area contributed by atoms with Crippen LogP contribution in [-0.4, -0.2) is 53.3 Å². The Morgan fingerprint density at radius 1 is 1.15 bits per heavy atom. The van der Waals surface area contributed by atoms with Crippen LogP contribution in [0.4, 0.5) is 24.9 Å². The summed E-state index contributed by atoms with van der Waals surface area (Å²) in [5.74, 6) is -1.55. The number of halogens is 3. The van der Waals surface area contributed by atoms with Crippen molar-refractivity contribution in [3.8, 4) is 0 Å². The van der Waals surface area contributed by atoms with Gasteiger partial charge in [-0.3, -0.25) is 4.79 Å². The Morgan fingerprint density at radius 2 is 1.85 bits per heavy atom. The van der Waals surface area contributed by atoms with E-state index < -0.39 is 23.8 Å². The fraction of sp³-hybridized carbons (Fsp3) is 0.688. The molecule has 1 aromatic rings.